The maximum atomic E-state index is 5.23. The van der Waals surface area contributed by atoms with Crippen LogP contribution in [0.25, 0.3) is 32.9 Å². The van der Waals surface area contributed by atoms with Gasteiger partial charge in [-0.3, -0.25) is 0 Å². The molecule has 0 fully saturated rings. The number of fused-ring (bicyclic) bond motifs is 2. The summed E-state index contributed by atoms with van der Waals surface area (Å²) in [5.74, 6) is 0.863. The second kappa shape index (κ2) is 5.15. The number of aromatic nitrogens is 1. The van der Waals surface area contributed by atoms with Crippen LogP contribution in [0.4, 0.5) is 0 Å². The van der Waals surface area contributed by atoms with Crippen LogP contribution in [0, 0.1) is 0 Å². The van der Waals surface area contributed by atoms with Crippen LogP contribution in [0.5, 0.6) is 5.75 Å². The molecule has 3 aromatic carbocycles. The molecule has 4 aromatic rings. The largest absolute Gasteiger partial charge is 0.497 e. The van der Waals surface area contributed by atoms with E-state index in [1.54, 1.807) is 7.11 Å². The van der Waals surface area contributed by atoms with E-state index in [1.165, 1.54) is 5.39 Å². The van der Waals surface area contributed by atoms with Crippen LogP contribution in [0.3, 0.4) is 0 Å². The Morgan fingerprint density at radius 2 is 1.55 bits per heavy atom. The summed E-state index contributed by atoms with van der Waals surface area (Å²) in [7, 11) is 1.68. The summed E-state index contributed by atoms with van der Waals surface area (Å²) in [6.45, 7) is 0. The number of hydrogen-bond acceptors (Lipinski definition) is 2. The Hall–Kier alpha value is -2.87. The average molecular weight is 285 g/mol. The molecule has 22 heavy (non-hydrogen) atoms. The summed E-state index contributed by atoms with van der Waals surface area (Å²) in [5, 5.41) is 2.33. The first-order chi connectivity index (χ1) is 10.8. The highest BCUT2D eigenvalue weighted by molar-refractivity contribution is 6.00. The molecule has 1 aromatic heterocycles. The van der Waals surface area contributed by atoms with Gasteiger partial charge in [0, 0.05) is 16.3 Å². The van der Waals surface area contributed by atoms with E-state index in [0.717, 1.165) is 33.3 Å². The zero-order valence-corrected chi connectivity index (χ0v) is 12.3. The molecule has 0 bridgehead atoms. The summed E-state index contributed by atoms with van der Waals surface area (Å²) >= 11 is 0. The molecular weight excluding hydrogens is 270 g/mol. The number of methoxy groups -OCH3 is 1. The quantitative estimate of drug-likeness (QED) is 0.480. The number of ether oxygens (including phenoxy) is 1. The van der Waals surface area contributed by atoms with E-state index in [4.69, 9.17) is 9.72 Å². The van der Waals surface area contributed by atoms with E-state index < -0.39 is 0 Å². The zero-order valence-electron chi connectivity index (χ0n) is 12.3. The number of benzene rings is 3. The van der Waals surface area contributed by atoms with Crippen LogP contribution in [0.2, 0.25) is 0 Å². The van der Waals surface area contributed by atoms with Crippen LogP contribution in [-0.4, -0.2) is 12.1 Å². The Kier molecular flexibility index (Phi) is 3.01. The molecule has 1 heterocycles. The van der Waals surface area contributed by atoms with Gasteiger partial charge in [0.2, 0.25) is 0 Å². The van der Waals surface area contributed by atoms with Gasteiger partial charge in [0.15, 0.2) is 0 Å². The fourth-order valence-electron chi connectivity index (χ4n) is 2.81. The smallest absolute Gasteiger partial charge is 0.118 e. The van der Waals surface area contributed by atoms with Crippen molar-refractivity contribution in [3.63, 3.8) is 0 Å². The van der Waals surface area contributed by atoms with Gasteiger partial charge < -0.3 is 4.74 Å². The molecule has 106 valence electrons. The van der Waals surface area contributed by atoms with Crippen molar-refractivity contribution in [3.05, 3.63) is 72.8 Å². The average Bonchev–Trinajstić information content (AvgIpc) is 2.59. The van der Waals surface area contributed by atoms with Gasteiger partial charge in [0.05, 0.1) is 18.1 Å². The predicted octanol–water partition coefficient (Wildman–Crippen LogP) is 5.06. The minimum absolute atomic E-state index is 0.863. The molecule has 0 spiro atoms. The summed E-state index contributed by atoms with van der Waals surface area (Å²) in [6.07, 6.45) is 0. The fraction of sp³-hybridized carbons (Fsp3) is 0.0500. The number of hydrogen-bond donors (Lipinski definition) is 0. The number of rotatable bonds is 2. The van der Waals surface area contributed by atoms with Gasteiger partial charge in [0.1, 0.15) is 5.75 Å². The normalized spacial score (nSPS) is 11.0. The lowest BCUT2D eigenvalue weighted by Crippen LogP contribution is -1.87. The molecule has 0 amide bonds. The maximum Gasteiger partial charge on any atom is 0.118 e. The molecule has 0 saturated heterocycles. The van der Waals surface area contributed by atoms with Crippen LogP contribution < -0.4 is 4.74 Å². The van der Waals surface area contributed by atoms with Gasteiger partial charge in [-0.05, 0) is 29.8 Å². The zero-order chi connectivity index (χ0) is 14.9. The molecule has 0 atom stereocenters. The molecule has 0 aliphatic carbocycles. The van der Waals surface area contributed by atoms with Gasteiger partial charge in [-0.2, -0.15) is 0 Å². The summed E-state index contributed by atoms with van der Waals surface area (Å²) in [5.41, 5.74) is 4.35. The van der Waals surface area contributed by atoms with E-state index in [0.29, 0.717) is 0 Å². The maximum absolute atomic E-state index is 5.23. The molecule has 0 aliphatic heterocycles. The van der Waals surface area contributed by atoms with Gasteiger partial charge in [-0.25, -0.2) is 4.98 Å². The van der Waals surface area contributed by atoms with E-state index in [2.05, 4.69) is 48.5 Å². The molecule has 2 nitrogen and oxygen atoms in total. The van der Waals surface area contributed by atoms with Gasteiger partial charge in [-0.15, -0.1) is 0 Å². The van der Waals surface area contributed by atoms with Crippen molar-refractivity contribution < 1.29 is 4.74 Å². The van der Waals surface area contributed by atoms with E-state index in [9.17, 15) is 0 Å². The number of para-hydroxylation sites is 2. The highest BCUT2D eigenvalue weighted by Gasteiger charge is 2.07. The molecular formula is C20H15NO. The van der Waals surface area contributed by atoms with Crippen molar-refractivity contribution in [1.29, 1.82) is 0 Å². The van der Waals surface area contributed by atoms with Crippen molar-refractivity contribution in [3.8, 4) is 16.9 Å². The first kappa shape index (κ1) is 12.8. The van der Waals surface area contributed by atoms with Gasteiger partial charge in [-0.1, -0.05) is 48.5 Å². The lowest BCUT2D eigenvalue weighted by molar-refractivity contribution is 0.415. The first-order valence-electron chi connectivity index (χ1n) is 7.28. The molecule has 0 unspecified atom stereocenters. The molecule has 0 saturated carbocycles. The Balaban J connectivity index is 1.98. The molecule has 0 N–H and O–H groups in total. The molecule has 4 rings (SSSR count). The topological polar surface area (TPSA) is 22.1 Å². The van der Waals surface area contributed by atoms with Crippen molar-refractivity contribution in [2.45, 2.75) is 0 Å². The summed E-state index contributed by atoms with van der Waals surface area (Å²) in [6, 6.07) is 24.8. The minimum atomic E-state index is 0.863. The number of pyridine rings is 1. The lowest BCUT2D eigenvalue weighted by Gasteiger charge is -2.08. The fourth-order valence-corrected chi connectivity index (χ4v) is 2.81. The first-order valence-corrected chi connectivity index (χ1v) is 7.28. The predicted molar refractivity (Wildman–Crippen MR) is 91.2 cm³/mol. The van der Waals surface area contributed by atoms with E-state index in [-0.39, 0.29) is 0 Å². The summed E-state index contributed by atoms with van der Waals surface area (Å²) < 4.78 is 5.23. The van der Waals surface area contributed by atoms with Crippen molar-refractivity contribution in [1.82, 2.24) is 4.98 Å². The van der Waals surface area contributed by atoms with Crippen LogP contribution in [0.15, 0.2) is 72.8 Å². The second-order valence-corrected chi connectivity index (χ2v) is 5.29. The molecule has 0 radical (unpaired) electrons. The minimum Gasteiger partial charge on any atom is -0.497 e. The van der Waals surface area contributed by atoms with Crippen LogP contribution in [0.1, 0.15) is 0 Å². The second-order valence-electron chi connectivity index (χ2n) is 5.29. The van der Waals surface area contributed by atoms with Gasteiger partial charge >= 0.3 is 0 Å². The number of nitrogens with zero attached hydrogens (tertiary/aromatic N) is 1. The van der Waals surface area contributed by atoms with Crippen molar-refractivity contribution in [2.75, 3.05) is 7.11 Å². The highest BCUT2D eigenvalue weighted by Crippen LogP contribution is 2.30. The highest BCUT2D eigenvalue weighted by atomic mass is 16.5. The Morgan fingerprint density at radius 3 is 2.36 bits per heavy atom. The third-order valence-electron chi connectivity index (χ3n) is 3.95. The van der Waals surface area contributed by atoms with Crippen molar-refractivity contribution in [2.24, 2.45) is 0 Å². The Labute approximate surface area is 129 Å². The Bertz CT molecular complexity index is 958. The van der Waals surface area contributed by atoms with Gasteiger partial charge in [0.25, 0.3) is 0 Å². The lowest BCUT2D eigenvalue weighted by atomic mass is 10.0. The standard InChI is InChI=1S/C20H15NO/c1-22-17-11-9-14(10-12-17)18-7-4-6-16-13-15-5-2-3-8-19(15)21-20(16)18/h2-13H,1H3. The monoisotopic (exact) mass is 285 g/mol. The third kappa shape index (κ3) is 2.09. The summed E-state index contributed by atoms with van der Waals surface area (Å²) in [4.78, 5) is 4.87. The third-order valence-corrected chi connectivity index (χ3v) is 3.95. The Morgan fingerprint density at radius 1 is 0.773 bits per heavy atom. The van der Waals surface area contributed by atoms with Crippen LogP contribution in [-0.2, 0) is 0 Å². The molecule has 0 aliphatic rings. The molecule has 2 heteroatoms. The van der Waals surface area contributed by atoms with Crippen LogP contribution >= 0.6 is 0 Å². The van der Waals surface area contributed by atoms with E-state index in [1.807, 2.05) is 24.3 Å². The van der Waals surface area contributed by atoms with Crippen molar-refractivity contribution >= 4 is 21.8 Å². The SMILES string of the molecule is COc1ccc(-c2cccc3cc4ccccc4nc23)cc1. The van der Waals surface area contributed by atoms with E-state index >= 15 is 0 Å².